The Labute approximate surface area is 166 Å². The number of aliphatic carboxylic acids is 1. The zero-order chi connectivity index (χ0) is 21.8. The van der Waals surface area contributed by atoms with Crippen molar-refractivity contribution >= 4 is 27.3 Å². The number of carbonyl (C=O) groups excluding carboxylic acids is 1. The molecule has 0 fully saturated rings. The average Bonchev–Trinajstić information content (AvgIpc) is 2.60. The second kappa shape index (κ2) is 8.95. The van der Waals surface area contributed by atoms with E-state index in [9.17, 15) is 31.9 Å². The lowest BCUT2D eigenvalue weighted by Crippen LogP contribution is -2.14. The Bertz CT molecular complexity index is 1050. The van der Waals surface area contributed by atoms with Crippen LogP contribution >= 0.6 is 0 Å². The maximum absolute atomic E-state index is 13.8. The van der Waals surface area contributed by atoms with E-state index in [1.165, 1.54) is 31.2 Å². The van der Waals surface area contributed by atoms with E-state index >= 15 is 0 Å². The Balaban J connectivity index is 2.82. The fraction of sp³-hybridized carbons (Fsp3) is 0.200. The van der Waals surface area contributed by atoms with Crippen molar-refractivity contribution in [2.45, 2.75) is 18.2 Å². The fourth-order valence-corrected chi connectivity index (χ4v) is 3.34. The van der Waals surface area contributed by atoms with Crippen molar-refractivity contribution in [1.82, 2.24) is 0 Å². The van der Waals surface area contributed by atoms with Crippen LogP contribution in [0.2, 0.25) is 0 Å². The summed E-state index contributed by atoms with van der Waals surface area (Å²) in [7, 11) is -3.51. The number of carboxylic acid groups (broad SMARTS) is 1. The van der Waals surface area contributed by atoms with E-state index in [2.05, 4.69) is 0 Å². The summed E-state index contributed by atoms with van der Waals surface area (Å²) in [5, 5.41) is 9.23. The highest BCUT2D eigenvalue weighted by atomic mass is 32.2. The number of esters is 1. The molecule has 2 rings (SSSR count). The van der Waals surface area contributed by atoms with Gasteiger partial charge in [0.05, 0.1) is 23.5 Å². The van der Waals surface area contributed by atoms with Crippen LogP contribution in [0.3, 0.4) is 0 Å². The molecule has 0 amide bonds. The Morgan fingerprint density at radius 3 is 2.00 bits per heavy atom. The molecule has 2 aromatic carbocycles. The molecule has 0 aliphatic rings. The minimum Gasteiger partial charge on any atom is -0.481 e. The van der Waals surface area contributed by atoms with Gasteiger partial charge in [0.2, 0.25) is 0 Å². The SMILES string of the molecule is CCOC(=O)C(CC(=O)O)=C(c1ccc(S(C)(=O)=O)cc1)c1cc(F)cc(F)c1. The van der Waals surface area contributed by atoms with Crippen molar-refractivity contribution in [3.8, 4) is 0 Å². The van der Waals surface area contributed by atoms with Crippen LogP contribution in [0.1, 0.15) is 24.5 Å². The third kappa shape index (κ3) is 5.71. The van der Waals surface area contributed by atoms with Gasteiger partial charge in [-0.1, -0.05) is 12.1 Å². The minimum atomic E-state index is -3.51. The molecule has 0 aliphatic heterocycles. The van der Waals surface area contributed by atoms with Crippen molar-refractivity contribution in [1.29, 1.82) is 0 Å². The fourth-order valence-electron chi connectivity index (χ4n) is 2.71. The van der Waals surface area contributed by atoms with Crippen LogP contribution in [0.25, 0.3) is 5.57 Å². The van der Waals surface area contributed by atoms with Gasteiger partial charge in [-0.25, -0.2) is 22.0 Å². The Hall–Kier alpha value is -3.07. The van der Waals surface area contributed by atoms with Crippen molar-refractivity contribution in [3.63, 3.8) is 0 Å². The van der Waals surface area contributed by atoms with Crippen molar-refractivity contribution in [2.24, 2.45) is 0 Å². The van der Waals surface area contributed by atoms with E-state index in [1.807, 2.05) is 0 Å². The van der Waals surface area contributed by atoms with Gasteiger partial charge in [-0.3, -0.25) is 4.79 Å². The highest BCUT2D eigenvalue weighted by Gasteiger charge is 2.23. The summed E-state index contributed by atoms with van der Waals surface area (Å²) in [6.07, 6.45) is 0.245. The first-order valence-electron chi connectivity index (χ1n) is 8.42. The van der Waals surface area contributed by atoms with Gasteiger partial charge in [-0.15, -0.1) is 0 Å². The molecule has 0 bridgehead atoms. The molecule has 0 aromatic heterocycles. The summed E-state index contributed by atoms with van der Waals surface area (Å²) in [5.74, 6) is -4.16. The molecule has 0 unspecified atom stereocenters. The van der Waals surface area contributed by atoms with E-state index in [0.717, 1.165) is 18.4 Å². The monoisotopic (exact) mass is 424 g/mol. The molecule has 29 heavy (non-hydrogen) atoms. The molecule has 0 spiro atoms. The quantitative estimate of drug-likeness (QED) is 0.542. The van der Waals surface area contributed by atoms with Gasteiger partial charge in [0.15, 0.2) is 9.84 Å². The Morgan fingerprint density at radius 1 is 1.00 bits per heavy atom. The molecule has 0 aliphatic carbocycles. The number of rotatable bonds is 7. The third-order valence-electron chi connectivity index (χ3n) is 3.87. The first-order valence-corrected chi connectivity index (χ1v) is 10.3. The lowest BCUT2D eigenvalue weighted by molar-refractivity contribution is -0.142. The molecule has 1 N–H and O–H groups in total. The summed E-state index contributed by atoms with van der Waals surface area (Å²) in [6.45, 7) is 1.48. The molecule has 0 radical (unpaired) electrons. The van der Waals surface area contributed by atoms with E-state index in [4.69, 9.17) is 4.74 Å². The van der Waals surface area contributed by atoms with Crippen LogP contribution in [-0.4, -0.2) is 38.3 Å². The van der Waals surface area contributed by atoms with Crippen molar-refractivity contribution < 1.29 is 36.6 Å². The zero-order valence-electron chi connectivity index (χ0n) is 15.6. The predicted octanol–water partition coefficient (Wildman–Crippen LogP) is 3.21. The van der Waals surface area contributed by atoms with E-state index in [0.29, 0.717) is 6.07 Å². The number of sulfone groups is 1. The standard InChI is InChI=1S/C20H18F2O6S/c1-3-28-20(25)17(11-18(23)24)19(13-8-14(21)10-15(22)9-13)12-4-6-16(7-5-12)29(2,26)27/h4-10H,3,11H2,1-2H3,(H,23,24). The molecule has 154 valence electrons. The van der Waals surface area contributed by atoms with Crippen LogP contribution in [0.15, 0.2) is 52.9 Å². The highest BCUT2D eigenvalue weighted by molar-refractivity contribution is 7.90. The lowest BCUT2D eigenvalue weighted by atomic mass is 9.91. The second-order valence-electron chi connectivity index (χ2n) is 6.10. The number of halogens is 2. The maximum Gasteiger partial charge on any atom is 0.335 e. The van der Waals surface area contributed by atoms with Gasteiger partial charge in [-0.05, 0) is 42.3 Å². The molecular formula is C20H18F2O6S. The summed E-state index contributed by atoms with van der Waals surface area (Å²) in [4.78, 5) is 23.8. The van der Waals surface area contributed by atoms with Crippen molar-refractivity contribution in [3.05, 3.63) is 70.8 Å². The average molecular weight is 424 g/mol. The van der Waals surface area contributed by atoms with Crippen LogP contribution in [0, 0.1) is 11.6 Å². The first-order chi connectivity index (χ1) is 13.5. The van der Waals surface area contributed by atoms with Gasteiger partial charge in [0, 0.05) is 17.9 Å². The summed E-state index contributed by atoms with van der Waals surface area (Å²) in [6, 6.07) is 7.70. The molecule has 6 nitrogen and oxygen atoms in total. The minimum absolute atomic E-state index is 0.0121. The molecule has 9 heteroatoms. The molecule has 0 atom stereocenters. The normalized spacial score (nSPS) is 12.3. The van der Waals surface area contributed by atoms with Gasteiger partial charge in [0.1, 0.15) is 11.6 Å². The number of hydrogen-bond donors (Lipinski definition) is 1. The molecular weight excluding hydrogens is 406 g/mol. The van der Waals surface area contributed by atoms with Crippen LogP contribution in [-0.2, 0) is 24.2 Å². The smallest absolute Gasteiger partial charge is 0.335 e. The zero-order valence-corrected chi connectivity index (χ0v) is 16.4. The van der Waals surface area contributed by atoms with E-state index < -0.39 is 39.8 Å². The highest BCUT2D eigenvalue weighted by Crippen LogP contribution is 2.31. The second-order valence-corrected chi connectivity index (χ2v) is 8.11. The summed E-state index contributed by atoms with van der Waals surface area (Å²) >= 11 is 0. The Morgan fingerprint density at radius 2 is 1.55 bits per heavy atom. The van der Waals surface area contributed by atoms with Gasteiger partial charge in [0.25, 0.3) is 0 Å². The number of carbonyl (C=O) groups is 2. The number of ether oxygens (including phenoxy) is 1. The Kier molecular flexibility index (Phi) is 6.86. The number of carboxylic acids is 1. The number of hydrogen-bond acceptors (Lipinski definition) is 5. The van der Waals surface area contributed by atoms with Crippen LogP contribution < -0.4 is 0 Å². The van der Waals surface area contributed by atoms with Crippen LogP contribution in [0.4, 0.5) is 8.78 Å². The lowest BCUT2D eigenvalue weighted by Gasteiger charge is -2.15. The van der Waals surface area contributed by atoms with E-state index in [-0.39, 0.29) is 33.8 Å². The molecule has 0 saturated heterocycles. The summed E-state index contributed by atoms with van der Waals surface area (Å²) in [5.41, 5.74) is -0.272. The van der Waals surface area contributed by atoms with Crippen LogP contribution in [0.5, 0.6) is 0 Å². The molecule has 2 aromatic rings. The van der Waals surface area contributed by atoms with Gasteiger partial charge < -0.3 is 9.84 Å². The van der Waals surface area contributed by atoms with Gasteiger partial charge >= 0.3 is 11.9 Å². The first kappa shape index (κ1) is 22.2. The van der Waals surface area contributed by atoms with Gasteiger partial charge in [-0.2, -0.15) is 0 Å². The summed E-state index contributed by atoms with van der Waals surface area (Å²) < 4.78 is 55.9. The maximum atomic E-state index is 13.8. The number of benzene rings is 2. The van der Waals surface area contributed by atoms with Crippen molar-refractivity contribution in [2.75, 3.05) is 12.9 Å². The largest absolute Gasteiger partial charge is 0.481 e. The third-order valence-corrected chi connectivity index (χ3v) is 5.00. The predicted molar refractivity (Wildman–Crippen MR) is 101 cm³/mol. The van der Waals surface area contributed by atoms with E-state index in [1.54, 1.807) is 0 Å². The molecule has 0 heterocycles. The topological polar surface area (TPSA) is 97.7 Å². The molecule has 0 saturated carbocycles.